The van der Waals surface area contributed by atoms with Gasteiger partial charge in [-0.15, -0.1) is 0 Å². The van der Waals surface area contributed by atoms with Crippen molar-refractivity contribution in [1.29, 1.82) is 0 Å². The third-order valence-electron chi connectivity index (χ3n) is 2.24. The fourth-order valence-electron chi connectivity index (χ4n) is 1.33. The summed E-state index contributed by atoms with van der Waals surface area (Å²) in [6, 6.07) is 3.37. The number of rotatable bonds is 7. The first kappa shape index (κ1) is 15.4. The van der Waals surface area contributed by atoms with E-state index in [1.54, 1.807) is 12.1 Å². The van der Waals surface area contributed by atoms with Crippen LogP contribution in [0.25, 0.3) is 0 Å². The maximum Gasteiger partial charge on any atom is 0.269 e. The number of primary sulfonamides is 1. The van der Waals surface area contributed by atoms with Crippen molar-refractivity contribution in [2.24, 2.45) is 5.14 Å². The summed E-state index contributed by atoms with van der Waals surface area (Å²) in [5.74, 6) is -0.726. The highest BCUT2D eigenvalue weighted by molar-refractivity contribution is 7.89. The first-order chi connectivity index (χ1) is 8.92. The van der Waals surface area contributed by atoms with E-state index in [4.69, 9.17) is 5.14 Å². The molecule has 0 fully saturated rings. The number of sulfonamides is 1. The van der Waals surface area contributed by atoms with Crippen molar-refractivity contribution in [1.82, 2.24) is 10.3 Å². The molecule has 0 aliphatic rings. The molecule has 0 saturated carbocycles. The molecule has 0 radical (unpaired) electrons. The molecule has 1 heterocycles. The molecular formula is C11H18N4O3S. The molecule has 1 amide bonds. The van der Waals surface area contributed by atoms with E-state index in [2.05, 4.69) is 15.6 Å². The van der Waals surface area contributed by atoms with Crippen molar-refractivity contribution in [3.05, 3.63) is 24.0 Å². The highest BCUT2D eigenvalue weighted by Gasteiger charge is 2.09. The van der Waals surface area contributed by atoms with Gasteiger partial charge in [0.15, 0.2) is 0 Å². The molecule has 0 aromatic carbocycles. The number of pyridine rings is 1. The molecule has 1 aromatic rings. The van der Waals surface area contributed by atoms with Crippen molar-refractivity contribution in [3.8, 4) is 0 Å². The van der Waals surface area contributed by atoms with Gasteiger partial charge in [0, 0.05) is 25.0 Å². The molecule has 0 spiro atoms. The Balaban J connectivity index is 2.56. The number of carbonyl (C=O) groups excluding carboxylic acids is 1. The molecule has 0 atom stereocenters. The molecule has 0 saturated heterocycles. The van der Waals surface area contributed by atoms with E-state index in [9.17, 15) is 13.2 Å². The fourth-order valence-corrected chi connectivity index (χ4v) is 1.72. The first-order valence-electron chi connectivity index (χ1n) is 5.91. The second-order valence-corrected chi connectivity index (χ2v) is 5.71. The van der Waals surface area contributed by atoms with Gasteiger partial charge in [0.25, 0.3) is 5.91 Å². The normalized spacial score (nSPS) is 11.1. The second kappa shape index (κ2) is 7.05. The van der Waals surface area contributed by atoms with Gasteiger partial charge in [-0.1, -0.05) is 6.92 Å². The number of nitrogens with zero attached hydrogens (tertiary/aromatic N) is 1. The van der Waals surface area contributed by atoms with Crippen LogP contribution in [-0.4, -0.2) is 38.2 Å². The van der Waals surface area contributed by atoms with Gasteiger partial charge in [0.2, 0.25) is 10.0 Å². The van der Waals surface area contributed by atoms with E-state index in [1.165, 1.54) is 6.20 Å². The molecule has 1 aromatic heterocycles. The molecule has 8 heteroatoms. The monoisotopic (exact) mass is 286 g/mol. The van der Waals surface area contributed by atoms with E-state index in [1.807, 2.05) is 6.92 Å². The van der Waals surface area contributed by atoms with Crippen molar-refractivity contribution in [2.75, 3.05) is 24.2 Å². The molecular weight excluding hydrogens is 268 g/mol. The average molecular weight is 286 g/mol. The van der Waals surface area contributed by atoms with Crippen LogP contribution < -0.4 is 15.8 Å². The third kappa shape index (κ3) is 6.16. The first-order valence-corrected chi connectivity index (χ1v) is 7.62. The van der Waals surface area contributed by atoms with Crippen LogP contribution in [0.5, 0.6) is 0 Å². The second-order valence-electron chi connectivity index (χ2n) is 3.98. The highest BCUT2D eigenvalue weighted by Crippen LogP contribution is 2.07. The van der Waals surface area contributed by atoms with E-state index in [0.717, 1.165) is 18.7 Å². The Bertz CT molecular complexity index is 530. The number of hydrogen-bond donors (Lipinski definition) is 3. The summed E-state index contributed by atoms with van der Waals surface area (Å²) in [6.07, 6.45) is 2.49. The van der Waals surface area contributed by atoms with Crippen LogP contribution in [0.2, 0.25) is 0 Å². The summed E-state index contributed by atoms with van der Waals surface area (Å²) in [7, 11) is -3.57. The highest BCUT2D eigenvalue weighted by atomic mass is 32.2. The summed E-state index contributed by atoms with van der Waals surface area (Å²) in [5.41, 5.74) is 1.03. The maximum absolute atomic E-state index is 11.7. The van der Waals surface area contributed by atoms with Gasteiger partial charge >= 0.3 is 0 Å². The maximum atomic E-state index is 11.7. The lowest BCUT2D eigenvalue weighted by Crippen LogP contribution is -2.31. The van der Waals surface area contributed by atoms with E-state index in [-0.39, 0.29) is 18.0 Å². The Morgan fingerprint density at radius 1 is 1.42 bits per heavy atom. The Hall–Kier alpha value is -1.67. The number of aromatic nitrogens is 1. The lowest BCUT2D eigenvalue weighted by atomic mass is 10.3. The fraction of sp³-hybridized carbons (Fsp3) is 0.455. The van der Waals surface area contributed by atoms with Crippen molar-refractivity contribution in [3.63, 3.8) is 0 Å². The van der Waals surface area contributed by atoms with E-state index in [0.29, 0.717) is 0 Å². The van der Waals surface area contributed by atoms with Gasteiger partial charge < -0.3 is 10.6 Å². The number of nitrogens with two attached hydrogens (primary N) is 1. The Labute approximate surface area is 112 Å². The van der Waals surface area contributed by atoms with Gasteiger partial charge in [-0.25, -0.2) is 13.6 Å². The Morgan fingerprint density at radius 2 is 2.16 bits per heavy atom. The van der Waals surface area contributed by atoms with Gasteiger partial charge in [-0.2, -0.15) is 0 Å². The Kier molecular flexibility index (Phi) is 5.71. The number of nitrogens with one attached hydrogen (secondary N) is 2. The number of carbonyl (C=O) groups is 1. The van der Waals surface area contributed by atoms with Gasteiger partial charge in [-0.3, -0.25) is 9.78 Å². The van der Waals surface area contributed by atoms with Crippen LogP contribution >= 0.6 is 0 Å². The molecule has 4 N–H and O–H groups in total. The van der Waals surface area contributed by atoms with Gasteiger partial charge in [-0.05, 0) is 18.6 Å². The number of amides is 1. The molecule has 0 unspecified atom stereocenters. The minimum absolute atomic E-state index is 0.0358. The molecule has 7 nitrogen and oxygen atoms in total. The minimum Gasteiger partial charge on any atom is -0.385 e. The quantitative estimate of drug-likeness (QED) is 0.648. The minimum atomic E-state index is -3.57. The van der Waals surface area contributed by atoms with Crippen molar-refractivity contribution >= 4 is 21.6 Å². The smallest absolute Gasteiger partial charge is 0.269 e. The summed E-state index contributed by atoms with van der Waals surface area (Å²) in [6.45, 7) is 2.80. The van der Waals surface area contributed by atoms with E-state index >= 15 is 0 Å². The molecule has 1 rings (SSSR count). The molecule has 0 aliphatic heterocycles. The standard InChI is InChI=1S/C11H18N4O3S/c1-2-4-13-9-3-5-14-10(8-9)11(16)15-6-7-19(12,17)18/h3,5,8H,2,4,6-7H2,1H3,(H,13,14)(H,15,16)(H2,12,17,18). The molecule has 106 valence electrons. The third-order valence-corrected chi connectivity index (χ3v) is 3.02. The zero-order valence-corrected chi connectivity index (χ0v) is 11.5. The summed E-state index contributed by atoms with van der Waals surface area (Å²) < 4.78 is 21.4. The summed E-state index contributed by atoms with van der Waals surface area (Å²) in [5, 5.41) is 10.4. The topological polar surface area (TPSA) is 114 Å². The van der Waals surface area contributed by atoms with Crippen molar-refractivity contribution < 1.29 is 13.2 Å². The van der Waals surface area contributed by atoms with Crippen LogP contribution in [0, 0.1) is 0 Å². The number of hydrogen-bond acceptors (Lipinski definition) is 5. The van der Waals surface area contributed by atoms with Crippen LogP contribution in [0.3, 0.4) is 0 Å². The molecule has 0 aliphatic carbocycles. The predicted molar refractivity (Wildman–Crippen MR) is 73.3 cm³/mol. The summed E-state index contributed by atoms with van der Waals surface area (Å²) >= 11 is 0. The average Bonchev–Trinajstić information content (AvgIpc) is 2.35. The lowest BCUT2D eigenvalue weighted by Gasteiger charge is -2.07. The zero-order chi connectivity index (χ0) is 14.3. The van der Waals surface area contributed by atoms with Crippen LogP contribution in [0.1, 0.15) is 23.8 Å². The predicted octanol–water partition coefficient (Wildman–Crippen LogP) is -0.0782. The SMILES string of the molecule is CCCNc1ccnc(C(=O)NCCS(N)(=O)=O)c1. The van der Waals surface area contributed by atoms with Gasteiger partial charge in [0.1, 0.15) is 5.69 Å². The number of anilines is 1. The van der Waals surface area contributed by atoms with Crippen LogP contribution in [-0.2, 0) is 10.0 Å². The largest absolute Gasteiger partial charge is 0.385 e. The van der Waals surface area contributed by atoms with E-state index < -0.39 is 15.9 Å². The van der Waals surface area contributed by atoms with Crippen LogP contribution in [0.4, 0.5) is 5.69 Å². The molecule has 0 bridgehead atoms. The van der Waals surface area contributed by atoms with Gasteiger partial charge in [0.05, 0.1) is 5.75 Å². The van der Waals surface area contributed by atoms with Crippen LogP contribution in [0.15, 0.2) is 18.3 Å². The summed E-state index contributed by atoms with van der Waals surface area (Å²) in [4.78, 5) is 15.6. The zero-order valence-electron chi connectivity index (χ0n) is 10.7. The Morgan fingerprint density at radius 3 is 2.79 bits per heavy atom. The van der Waals surface area contributed by atoms with Crippen molar-refractivity contribution in [2.45, 2.75) is 13.3 Å². The molecule has 19 heavy (non-hydrogen) atoms. The lowest BCUT2D eigenvalue weighted by molar-refractivity contribution is 0.0951.